The third kappa shape index (κ3) is 2.36. The quantitative estimate of drug-likeness (QED) is 0.898. The molecule has 98 valence electrons. The molecule has 2 aromatic carbocycles. The lowest BCUT2D eigenvalue weighted by Crippen LogP contribution is -2.41. The van der Waals surface area contributed by atoms with Crippen molar-refractivity contribution in [3.63, 3.8) is 0 Å². The lowest BCUT2D eigenvalue weighted by Gasteiger charge is -2.41. The summed E-state index contributed by atoms with van der Waals surface area (Å²) in [7, 11) is 0. The minimum absolute atomic E-state index is 0.191. The van der Waals surface area contributed by atoms with Crippen LogP contribution in [0.3, 0.4) is 0 Å². The molecule has 2 heteroatoms. The predicted molar refractivity (Wildman–Crippen MR) is 77.5 cm³/mol. The van der Waals surface area contributed by atoms with Crippen molar-refractivity contribution in [3.8, 4) is 11.5 Å². The van der Waals surface area contributed by atoms with E-state index in [1.165, 1.54) is 24.8 Å². The van der Waals surface area contributed by atoms with Crippen LogP contribution in [0.1, 0.15) is 24.8 Å². The molecule has 19 heavy (non-hydrogen) atoms. The largest absolute Gasteiger partial charge is 0.457 e. The van der Waals surface area contributed by atoms with E-state index in [0.29, 0.717) is 0 Å². The Morgan fingerprint density at radius 3 is 2.32 bits per heavy atom. The van der Waals surface area contributed by atoms with Gasteiger partial charge in [0.15, 0.2) is 0 Å². The summed E-state index contributed by atoms with van der Waals surface area (Å²) in [6.07, 6.45) is 3.66. The highest BCUT2D eigenvalue weighted by Crippen LogP contribution is 2.43. The molecule has 1 fully saturated rings. The van der Waals surface area contributed by atoms with E-state index >= 15 is 0 Å². The molecule has 1 saturated carbocycles. The van der Waals surface area contributed by atoms with Gasteiger partial charge in [-0.05, 0) is 42.7 Å². The van der Waals surface area contributed by atoms with Gasteiger partial charge in [-0.3, -0.25) is 0 Å². The van der Waals surface area contributed by atoms with Gasteiger partial charge in [-0.25, -0.2) is 0 Å². The van der Waals surface area contributed by atoms with Gasteiger partial charge in [-0.15, -0.1) is 0 Å². The standard InChI is InChI=1S/C17H19NO/c18-13-17(10-5-11-17)14-6-4-9-16(12-14)19-15-7-2-1-3-8-15/h1-4,6-9,12H,5,10-11,13,18H2. The van der Waals surface area contributed by atoms with Crippen LogP contribution in [0.5, 0.6) is 11.5 Å². The Kier molecular flexibility index (Phi) is 3.26. The van der Waals surface area contributed by atoms with Crippen LogP contribution in [-0.4, -0.2) is 6.54 Å². The number of para-hydroxylation sites is 1. The fourth-order valence-electron chi connectivity index (χ4n) is 2.73. The Labute approximate surface area is 114 Å². The average Bonchev–Trinajstić information content (AvgIpc) is 2.40. The number of benzene rings is 2. The van der Waals surface area contributed by atoms with Crippen molar-refractivity contribution in [2.75, 3.05) is 6.54 Å². The lowest BCUT2D eigenvalue weighted by atomic mass is 9.64. The smallest absolute Gasteiger partial charge is 0.127 e. The Hall–Kier alpha value is -1.80. The highest BCUT2D eigenvalue weighted by atomic mass is 16.5. The molecule has 0 bridgehead atoms. The molecular weight excluding hydrogens is 234 g/mol. The van der Waals surface area contributed by atoms with Crippen LogP contribution in [0.25, 0.3) is 0 Å². The van der Waals surface area contributed by atoms with Crippen molar-refractivity contribution in [2.24, 2.45) is 5.73 Å². The van der Waals surface area contributed by atoms with Gasteiger partial charge in [-0.2, -0.15) is 0 Å². The first-order chi connectivity index (χ1) is 9.32. The minimum Gasteiger partial charge on any atom is -0.457 e. The van der Waals surface area contributed by atoms with E-state index in [-0.39, 0.29) is 5.41 Å². The number of hydrogen-bond acceptors (Lipinski definition) is 2. The molecule has 3 rings (SSSR count). The normalized spacial score (nSPS) is 16.7. The van der Waals surface area contributed by atoms with Gasteiger partial charge >= 0.3 is 0 Å². The van der Waals surface area contributed by atoms with Crippen LogP contribution < -0.4 is 10.5 Å². The Balaban J connectivity index is 1.84. The first-order valence-electron chi connectivity index (χ1n) is 6.86. The van der Waals surface area contributed by atoms with E-state index in [1.807, 2.05) is 36.4 Å². The number of ether oxygens (including phenoxy) is 1. The maximum absolute atomic E-state index is 5.96. The van der Waals surface area contributed by atoms with Crippen molar-refractivity contribution in [1.82, 2.24) is 0 Å². The Morgan fingerprint density at radius 2 is 1.68 bits per heavy atom. The van der Waals surface area contributed by atoms with Crippen LogP contribution in [-0.2, 0) is 5.41 Å². The van der Waals surface area contributed by atoms with Gasteiger partial charge in [0.1, 0.15) is 11.5 Å². The first kappa shape index (κ1) is 12.2. The molecule has 0 unspecified atom stereocenters. The van der Waals surface area contributed by atoms with Gasteiger partial charge in [-0.1, -0.05) is 36.8 Å². The van der Waals surface area contributed by atoms with Crippen molar-refractivity contribution in [1.29, 1.82) is 0 Å². The van der Waals surface area contributed by atoms with Crippen LogP contribution in [0.2, 0.25) is 0 Å². The lowest BCUT2D eigenvalue weighted by molar-refractivity contribution is 0.252. The van der Waals surface area contributed by atoms with E-state index in [1.54, 1.807) is 0 Å². The van der Waals surface area contributed by atoms with Crippen molar-refractivity contribution >= 4 is 0 Å². The third-order valence-electron chi connectivity index (χ3n) is 4.13. The summed E-state index contributed by atoms with van der Waals surface area (Å²) in [6.45, 7) is 0.724. The summed E-state index contributed by atoms with van der Waals surface area (Å²) in [5.74, 6) is 1.76. The van der Waals surface area contributed by atoms with E-state index in [4.69, 9.17) is 10.5 Å². The topological polar surface area (TPSA) is 35.2 Å². The van der Waals surface area contributed by atoms with E-state index in [2.05, 4.69) is 18.2 Å². The fraction of sp³-hybridized carbons (Fsp3) is 0.294. The fourth-order valence-corrected chi connectivity index (χ4v) is 2.73. The molecule has 0 spiro atoms. The van der Waals surface area contributed by atoms with Gasteiger partial charge in [0.25, 0.3) is 0 Å². The predicted octanol–water partition coefficient (Wildman–Crippen LogP) is 3.86. The van der Waals surface area contributed by atoms with Gasteiger partial charge < -0.3 is 10.5 Å². The van der Waals surface area contributed by atoms with Crippen molar-refractivity contribution in [3.05, 3.63) is 60.2 Å². The maximum Gasteiger partial charge on any atom is 0.127 e. The van der Waals surface area contributed by atoms with Gasteiger partial charge in [0.05, 0.1) is 0 Å². The monoisotopic (exact) mass is 253 g/mol. The molecule has 0 aromatic heterocycles. The molecule has 0 heterocycles. The molecule has 1 aliphatic rings. The van der Waals surface area contributed by atoms with Crippen LogP contribution in [0, 0.1) is 0 Å². The Bertz CT molecular complexity index is 541. The summed E-state index contributed by atoms with van der Waals surface area (Å²) in [4.78, 5) is 0. The third-order valence-corrected chi connectivity index (χ3v) is 4.13. The zero-order chi connectivity index (χ0) is 13.1. The zero-order valence-electron chi connectivity index (χ0n) is 11.0. The molecular formula is C17H19NO. The summed E-state index contributed by atoms with van der Waals surface area (Å²) >= 11 is 0. The number of rotatable bonds is 4. The summed E-state index contributed by atoms with van der Waals surface area (Å²) < 4.78 is 5.89. The summed E-state index contributed by atoms with van der Waals surface area (Å²) in [5.41, 5.74) is 7.47. The van der Waals surface area contributed by atoms with Gasteiger partial charge in [0.2, 0.25) is 0 Å². The second-order valence-electron chi connectivity index (χ2n) is 5.28. The second kappa shape index (κ2) is 5.06. The second-order valence-corrected chi connectivity index (χ2v) is 5.28. The average molecular weight is 253 g/mol. The highest BCUT2D eigenvalue weighted by molar-refractivity contribution is 5.38. The molecule has 0 saturated heterocycles. The van der Waals surface area contributed by atoms with E-state index in [9.17, 15) is 0 Å². The van der Waals surface area contributed by atoms with E-state index < -0.39 is 0 Å². The van der Waals surface area contributed by atoms with Gasteiger partial charge in [0, 0.05) is 12.0 Å². The SMILES string of the molecule is NCC1(c2cccc(Oc3ccccc3)c2)CCC1. The first-order valence-corrected chi connectivity index (χ1v) is 6.86. The van der Waals surface area contributed by atoms with E-state index in [0.717, 1.165) is 18.0 Å². The molecule has 1 aliphatic carbocycles. The maximum atomic E-state index is 5.96. The molecule has 2 nitrogen and oxygen atoms in total. The number of hydrogen-bond donors (Lipinski definition) is 1. The summed E-state index contributed by atoms with van der Waals surface area (Å²) in [5, 5.41) is 0. The van der Waals surface area contributed by atoms with Crippen molar-refractivity contribution in [2.45, 2.75) is 24.7 Å². The summed E-state index contributed by atoms with van der Waals surface area (Å²) in [6, 6.07) is 18.2. The molecule has 0 radical (unpaired) electrons. The molecule has 2 N–H and O–H groups in total. The molecule has 0 aliphatic heterocycles. The van der Waals surface area contributed by atoms with Crippen molar-refractivity contribution < 1.29 is 4.74 Å². The Morgan fingerprint density at radius 1 is 0.947 bits per heavy atom. The van der Waals surface area contributed by atoms with Crippen LogP contribution in [0.15, 0.2) is 54.6 Å². The minimum atomic E-state index is 0.191. The van der Waals surface area contributed by atoms with Crippen LogP contribution >= 0.6 is 0 Å². The molecule has 2 aromatic rings. The molecule has 0 amide bonds. The molecule has 0 atom stereocenters. The number of nitrogens with two attached hydrogens (primary N) is 1. The van der Waals surface area contributed by atoms with Crippen LogP contribution in [0.4, 0.5) is 0 Å². The highest BCUT2D eigenvalue weighted by Gasteiger charge is 2.37. The zero-order valence-corrected chi connectivity index (χ0v) is 11.0.